The molecular formula is C19H20N2O7S. The highest BCUT2D eigenvalue weighted by Gasteiger charge is 2.26. The van der Waals surface area contributed by atoms with Crippen LogP contribution in [0.25, 0.3) is 0 Å². The number of carboxylic acids is 1. The van der Waals surface area contributed by atoms with Gasteiger partial charge in [-0.15, -0.1) is 0 Å². The second-order valence-electron chi connectivity index (χ2n) is 6.23. The van der Waals surface area contributed by atoms with Crippen molar-refractivity contribution >= 4 is 27.6 Å². The molecule has 1 fully saturated rings. The lowest BCUT2D eigenvalue weighted by Crippen LogP contribution is -2.41. The number of nitrogens with one attached hydrogen (secondary N) is 1. The molecule has 0 saturated carbocycles. The summed E-state index contributed by atoms with van der Waals surface area (Å²) in [5.41, 5.74) is 0.0713. The van der Waals surface area contributed by atoms with Crippen LogP contribution in [0.15, 0.2) is 47.4 Å². The van der Waals surface area contributed by atoms with Crippen molar-refractivity contribution in [3.8, 4) is 5.75 Å². The van der Waals surface area contributed by atoms with Crippen LogP contribution >= 0.6 is 0 Å². The highest BCUT2D eigenvalue weighted by Crippen LogP contribution is 2.28. The monoisotopic (exact) mass is 420 g/mol. The number of benzene rings is 2. The van der Waals surface area contributed by atoms with E-state index in [-0.39, 0.29) is 33.4 Å². The Morgan fingerprint density at radius 2 is 1.83 bits per heavy atom. The molecule has 0 aromatic heterocycles. The van der Waals surface area contributed by atoms with Crippen molar-refractivity contribution in [3.05, 3.63) is 53.6 Å². The molecule has 154 valence electrons. The Balaban J connectivity index is 1.97. The van der Waals surface area contributed by atoms with E-state index in [9.17, 15) is 23.1 Å². The van der Waals surface area contributed by atoms with Crippen molar-refractivity contribution < 1.29 is 32.6 Å². The summed E-state index contributed by atoms with van der Waals surface area (Å²) in [6.45, 7) is 1.65. The number of hydrogen-bond acceptors (Lipinski definition) is 6. The van der Waals surface area contributed by atoms with Crippen molar-refractivity contribution in [3.63, 3.8) is 0 Å². The third-order valence-corrected chi connectivity index (χ3v) is 5.79. The van der Waals surface area contributed by atoms with E-state index in [1.54, 1.807) is 17.0 Å². The van der Waals surface area contributed by atoms with Crippen LogP contribution in [0, 0.1) is 0 Å². The summed E-state index contributed by atoms with van der Waals surface area (Å²) in [4.78, 5) is 25.3. The standard InChI is InChI=1S/C19H20N2O7S/c1-27-16-7-6-13(19(23)24)12-17(16)29(25,26)20-15-5-3-2-4-14(15)18(22)21-8-10-28-11-9-21/h2-7,12,20H,8-11H2,1H3,(H,23,24). The molecule has 0 radical (unpaired) electrons. The second kappa shape index (κ2) is 8.50. The van der Waals surface area contributed by atoms with Gasteiger partial charge in [-0.3, -0.25) is 9.52 Å². The molecule has 2 N–H and O–H groups in total. The van der Waals surface area contributed by atoms with Gasteiger partial charge >= 0.3 is 5.97 Å². The Morgan fingerprint density at radius 3 is 2.48 bits per heavy atom. The first-order chi connectivity index (χ1) is 13.8. The number of ether oxygens (including phenoxy) is 2. The van der Waals surface area contributed by atoms with Crippen LogP contribution in [0.1, 0.15) is 20.7 Å². The average molecular weight is 420 g/mol. The number of carbonyl (C=O) groups is 2. The highest BCUT2D eigenvalue weighted by atomic mass is 32.2. The van der Waals surface area contributed by atoms with Gasteiger partial charge in [0.1, 0.15) is 10.6 Å². The highest BCUT2D eigenvalue weighted by molar-refractivity contribution is 7.92. The van der Waals surface area contributed by atoms with Crippen molar-refractivity contribution in [2.75, 3.05) is 38.1 Å². The van der Waals surface area contributed by atoms with Crippen molar-refractivity contribution in [1.82, 2.24) is 4.90 Å². The molecule has 1 amide bonds. The minimum Gasteiger partial charge on any atom is -0.495 e. The van der Waals surface area contributed by atoms with Gasteiger partial charge in [0.15, 0.2) is 0 Å². The van der Waals surface area contributed by atoms with Gasteiger partial charge in [0.25, 0.3) is 15.9 Å². The quantitative estimate of drug-likeness (QED) is 0.729. The smallest absolute Gasteiger partial charge is 0.335 e. The molecule has 29 heavy (non-hydrogen) atoms. The number of rotatable bonds is 6. The first kappa shape index (κ1) is 20.6. The zero-order chi connectivity index (χ0) is 21.0. The normalized spacial score (nSPS) is 14.3. The molecule has 0 atom stereocenters. The molecule has 0 unspecified atom stereocenters. The maximum absolute atomic E-state index is 13.0. The number of morpholine rings is 1. The number of aromatic carboxylic acids is 1. The SMILES string of the molecule is COc1ccc(C(=O)O)cc1S(=O)(=O)Nc1ccccc1C(=O)N1CCOCC1. The topological polar surface area (TPSA) is 122 Å². The Bertz CT molecular complexity index is 1030. The van der Waals surface area contributed by atoms with E-state index in [2.05, 4.69) is 4.72 Å². The molecule has 0 bridgehead atoms. The van der Waals surface area contributed by atoms with Crippen LogP contribution < -0.4 is 9.46 Å². The fraction of sp³-hybridized carbons (Fsp3) is 0.263. The van der Waals surface area contributed by atoms with E-state index in [4.69, 9.17) is 9.47 Å². The van der Waals surface area contributed by atoms with Gasteiger partial charge in [-0.25, -0.2) is 13.2 Å². The summed E-state index contributed by atoms with van der Waals surface area (Å²) in [6, 6.07) is 9.75. The summed E-state index contributed by atoms with van der Waals surface area (Å²) in [7, 11) is -2.95. The number of hydrogen-bond donors (Lipinski definition) is 2. The lowest BCUT2D eigenvalue weighted by atomic mass is 10.1. The molecule has 1 aliphatic heterocycles. The third-order valence-electron chi connectivity index (χ3n) is 4.40. The number of carboxylic acid groups (broad SMARTS) is 1. The van der Waals surface area contributed by atoms with Crippen molar-refractivity contribution in [2.24, 2.45) is 0 Å². The van der Waals surface area contributed by atoms with Gasteiger partial charge in [0.2, 0.25) is 0 Å². The predicted octanol–water partition coefficient (Wildman–Crippen LogP) is 1.67. The Labute approximate surface area is 167 Å². The number of sulfonamides is 1. The minimum absolute atomic E-state index is 0.0144. The number of methoxy groups -OCH3 is 1. The van der Waals surface area contributed by atoms with Gasteiger partial charge in [-0.05, 0) is 30.3 Å². The van der Waals surface area contributed by atoms with Crippen LogP contribution in [0.5, 0.6) is 5.75 Å². The maximum atomic E-state index is 13.0. The molecule has 0 spiro atoms. The molecule has 9 nitrogen and oxygen atoms in total. The third kappa shape index (κ3) is 4.49. The molecule has 0 aliphatic carbocycles. The molecular weight excluding hydrogens is 400 g/mol. The van der Waals surface area contributed by atoms with Crippen molar-refractivity contribution in [1.29, 1.82) is 0 Å². The summed E-state index contributed by atoms with van der Waals surface area (Å²) < 4.78 is 38.7. The van der Waals surface area contributed by atoms with Crippen molar-refractivity contribution in [2.45, 2.75) is 4.90 Å². The Morgan fingerprint density at radius 1 is 1.14 bits per heavy atom. The Kier molecular flexibility index (Phi) is 6.04. The second-order valence-corrected chi connectivity index (χ2v) is 7.88. The van der Waals surface area contributed by atoms with Gasteiger partial charge in [-0.1, -0.05) is 12.1 Å². The molecule has 2 aromatic rings. The molecule has 1 aliphatic rings. The molecule has 3 rings (SSSR count). The van der Waals surface area contributed by atoms with E-state index in [1.165, 1.54) is 31.4 Å². The van der Waals surface area contributed by atoms with Crippen LogP contribution in [0.3, 0.4) is 0 Å². The summed E-state index contributed by atoms with van der Waals surface area (Å²) in [5.74, 6) is -1.61. The molecule has 2 aromatic carbocycles. The zero-order valence-corrected chi connectivity index (χ0v) is 16.4. The molecule has 1 saturated heterocycles. The number of amides is 1. The summed E-state index contributed by atoms with van der Waals surface area (Å²) >= 11 is 0. The van der Waals surface area contributed by atoms with Gasteiger partial charge in [0.05, 0.1) is 37.1 Å². The lowest BCUT2D eigenvalue weighted by Gasteiger charge is -2.27. The van der Waals surface area contributed by atoms with Gasteiger partial charge < -0.3 is 19.5 Å². The maximum Gasteiger partial charge on any atom is 0.335 e. The summed E-state index contributed by atoms with van der Waals surface area (Å²) in [5, 5.41) is 9.17. The van der Waals surface area contributed by atoms with Crippen LogP contribution in [-0.4, -0.2) is 63.7 Å². The van der Waals surface area contributed by atoms with Crippen LogP contribution in [0.4, 0.5) is 5.69 Å². The van der Waals surface area contributed by atoms with E-state index in [0.717, 1.165) is 6.07 Å². The summed E-state index contributed by atoms with van der Waals surface area (Å²) in [6.07, 6.45) is 0. The average Bonchev–Trinajstić information content (AvgIpc) is 2.73. The Hall–Kier alpha value is -3.11. The minimum atomic E-state index is -4.23. The van der Waals surface area contributed by atoms with Crippen LogP contribution in [-0.2, 0) is 14.8 Å². The lowest BCUT2D eigenvalue weighted by molar-refractivity contribution is 0.0303. The number of anilines is 1. The zero-order valence-electron chi connectivity index (χ0n) is 15.6. The first-order valence-corrected chi connectivity index (χ1v) is 10.2. The molecule has 1 heterocycles. The number of para-hydroxylation sites is 1. The first-order valence-electron chi connectivity index (χ1n) is 8.73. The van der Waals surface area contributed by atoms with Gasteiger partial charge in [0, 0.05) is 13.1 Å². The van der Waals surface area contributed by atoms with E-state index in [1.807, 2.05) is 0 Å². The fourth-order valence-electron chi connectivity index (χ4n) is 2.91. The predicted molar refractivity (Wildman–Crippen MR) is 104 cm³/mol. The number of nitrogens with zero attached hydrogens (tertiary/aromatic N) is 1. The van der Waals surface area contributed by atoms with Crippen LogP contribution in [0.2, 0.25) is 0 Å². The van der Waals surface area contributed by atoms with E-state index >= 15 is 0 Å². The van der Waals surface area contributed by atoms with Gasteiger partial charge in [-0.2, -0.15) is 0 Å². The van der Waals surface area contributed by atoms with E-state index in [0.29, 0.717) is 26.3 Å². The molecule has 10 heteroatoms. The fourth-order valence-corrected chi connectivity index (χ4v) is 4.19. The number of carbonyl (C=O) groups excluding carboxylic acids is 1. The van der Waals surface area contributed by atoms with E-state index < -0.39 is 16.0 Å². The largest absolute Gasteiger partial charge is 0.495 e.